The van der Waals surface area contributed by atoms with Crippen molar-refractivity contribution in [3.05, 3.63) is 55.6 Å². The molecule has 0 aliphatic heterocycles. The average molecular weight is 390 g/mol. The molecule has 0 saturated carbocycles. The van der Waals surface area contributed by atoms with Gasteiger partial charge in [-0.05, 0) is 40.2 Å². The highest BCUT2D eigenvalue weighted by Gasteiger charge is 2.15. The number of nitro groups is 1. The molecule has 1 aromatic carbocycles. The lowest BCUT2D eigenvalue weighted by Crippen LogP contribution is -1.91. The summed E-state index contributed by atoms with van der Waals surface area (Å²) in [5.41, 5.74) is 0.0686. The van der Waals surface area contributed by atoms with E-state index in [0.29, 0.717) is 14.4 Å². The molecular weight excluding hydrogens is 384 g/mol. The summed E-state index contributed by atoms with van der Waals surface area (Å²) in [6, 6.07) is 8.62. The first-order chi connectivity index (χ1) is 8.56. The molecule has 92 valence electrons. The maximum Gasteiger partial charge on any atom is 0.284 e. The molecule has 0 aliphatic rings. The van der Waals surface area contributed by atoms with Gasteiger partial charge < -0.3 is 0 Å². The average Bonchev–Trinajstić information content (AvgIpc) is 2.34. The van der Waals surface area contributed by atoms with E-state index in [2.05, 4.69) is 36.8 Å². The molecule has 0 aliphatic carbocycles. The van der Waals surface area contributed by atoms with Gasteiger partial charge in [0.1, 0.15) is 5.03 Å². The molecule has 0 bridgehead atoms. The van der Waals surface area contributed by atoms with Crippen LogP contribution in [0.25, 0.3) is 0 Å². The summed E-state index contributed by atoms with van der Waals surface area (Å²) in [5.74, 6) is 0. The van der Waals surface area contributed by atoms with Crippen LogP contribution < -0.4 is 0 Å². The first kappa shape index (κ1) is 13.5. The monoisotopic (exact) mass is 388 g/mol. The van der Waals surface area contributed by atoms with Crippen molar-refractivity contribution in [3.63, 3.8) is 0 Å². The Morgan fingerprint density at radius 3 is 2.50 bits per heavy atom. The summed E-state index contributed by atoms with van der Waals surface area (Å²) in [7, 11) is 0. The van der Waals surface area contributed by atoms with Crippen LogP contribution in [0.2, 0.25) is 0 Å². The number of benzene rings is 1. The molecule has 0 N–H and O–H groups in total. The SMILES string of the molecule is O=[N+]([O-])c1cc(Br)ccc1Sc1ccc(Br)cn1. The summed E-state index contributed by atoms with van der Waals surface area (Å²) in [4.78, 5) is 15.3. The number of hydrogen-bond acceptors (Lipinski definition) is 4. The Labute approximate surface area is 124 Å². The van der Waals surface area contributed by atoms with Crippen molar-refractivity contribution in [2.24, 2.45) is 0 Å². The molecule has 0 radical (unpaired) electrons. The van der Waals surface area contributed by atoms with Gasteiger partial charge in [0.05, 0.1) is 9.82 Å². The van der Waals surface area contributed by atoms with Crippen molar-refractivity contribution in [3.8, 4) is 0 Å². The van der Waals surface area contributed by atoms with Crippen molar-refractivity contribution >= 4 is 49.3 Å². The molecular formula is C11H6Br2N2O2S. The molecule has 0 atom stereocenters. The van der Waals surface area contributed by atoms with Gasteiger partial charge in [-0.1, -0.05) is 27.7 Å². The number of pyridine rings is 1. The van der Waals surface area contributed by atoms with Crippen molar-refractivity contribution in [2.45, 2.75) is 9.92 Å². The standard InChI is InChI=1S/C11H6Br2N2O2S/c12-7-1-3-10(9(5-7)15(16)17)18-11-4-2-8(13)6-14-11/h1-6H. The smallest absolute Gasteiger partial charge is 0.258 e. The maximum absolute atomic E-state index is 11.0. The van der Waals surface area contributed by atoms with Crippen LogP contribution in [-0.4, -0.2) is 9.91 Å². The maximum atomic E-state index is 11.0. The lowest BCUT2D eigenvalue weighted by atomic mass is 10.3. The number of hydrogen-bond donors (Lipinski definition) is 0. The van der Waals surface area contributed by atoms with E-state index in [0.717, 1.165) is 4.47 Å². The summed E-state index contributed by atoms with van der Waals surface area (Å²) in [6.07, 6.45) is 1.66. The van der Waals surface area contributed by atoms with Gasteiger partial charge in [0.2, 0.25) is 0 Å². The van der Waals surface area contributed by atoms with E-state index in [4.69, 9.17) is 0 Å². The van der Waals surface area contributed by atoms with Gasteiger partial charge in [0, 0.05) is 21.2 Å². The van der Waals surface area contributed by atoms with Gasteiger partial charge in [-0.15, -0.1) is 0 Å². The Hall–Kier alpha value is -0.920. The van der Waals surface area contributed by atoms with Crippen LogP contribution in [0.1, 0.15) is 0 Å². The van der Waals surface area contributed by atoms with Gasteiger partial charge >= 0.3 is 0 Å². The fraction of sp³-hybridized carbons (Fsp3) is 0. The quantitative estimate of drug-likeness (QED) is 0.565. The molecule has 2 rings (SSSR count). The van der Waals surface area contributed by atoms with Crippen LogP contribution in [0.4, 0.5) is 5.69 Å². The summed E-state index contributed by atoms with van der Waals surface area (Å²) in [5, 5.41) is 11.7. The van der Waals surface area contributed by atoms with Gasteiger partial charge in [-0.25, -0.2) is 4.98 Å². The third-order valence-electron chi connectivity index (χ3n) is 2.03. The van der Waals surface area contributed by atoms with Crippen molar-refractivity contribution < 1.29 is 4.92 Å². The first-order valence-electron chi connectivity index (χ1n) is 4.79. The fourth-order valence-electron chi connectivity index (χ4n) is 1.25. The van der Waals surface area contributed by atoms with E-state index >= 15 is 0 Å². The minimum atomic E-state index is -0.397. The molecule has 0 fully saturated rings. The number of nitrogens with zero attached hydrogens (tertiary/aromatic N) is 2. The Morgan fingerprint density at radius 2 is 1.89 bits per heavy atom. The molecule has 4 nitrogen and oxygen atoms in total. The van der Waals surface area contributed by atoms with Crippen LogP contribution in [0, 0.1) is 10.1 Å². The second kappa shape index (κ2) is 5.81. The minimum Gasteiger partial charge on any atom is -0.258 e. The summed E-state index contributed by atoms with van der Waals surface area (Å²) < 4.78 is 1.56. The molecule has 0 amide bonds. The zero-order valence-electron chi connectivity index (χ0n) is 8.84. The van der Waals surface area contributed by atoms with Crippen LogP contribution in [0.15, 0.2) is 55.4 Å². The largest absolute Gasteiger partial charge is 0.284 e. The van der Waals surface area contributed by atoms with Crippen LogP contribution in [0.3, 0.4) is 0 Å². The first-order valence-corrected chi connectivity index (χ1v) is 7.20. The van der Waals surface area contributed by atoms with Crippen LogP contribution in [0.5, 0.6) is 0 Å². The van der Waals surface area contributed by atoms with Gasteiger partial charge in [0.15, 0.2) is 0 Å². The third-order valence-corrected chi connectivity index (χ3v) is 4.01. The van der Waals surface area contributed by atoms with Gasteiger partial charge in [-0.3, -0.25) is 10.1 Å². The van der Waals surface area contributed by atoms with Crippen molar-refractivity contribution in [1.29, 1.82) is 0 Å². The number of rotatable bonds is 3. The molecule has 1 heterocycles. The Bertz CT molecular complexity index is 590. The topological polar surface area (TPSA) is 56.0 Å². The van der Waals surface area contributed by atoms with Crippen molar-refractivity contribution in [2.75, 3.05) is 0 Å². The number of nitro benzene ring substituents is 1. The van der Waals surface area contributed by atoms with E-state index in [1.165, 1.54) is 17.8 Å². The fourth-order valence-corrected chi connectivity index (χ4v) is 2.68. The molecule has 18 heavy (non-hydrogen) atoms. The molecule has 7 heteroatoms. The van der Waals surface area contributed by atoms with Gasteiger partial charge in [0.25, 0.3) is 5.69 Å². The minimum absolute atomic E-state index is 0.0686. The van der Waals surface area contributed by atoms with E-state index in [1.54, 1.807) is 24.4 Å². The van der Waals surface area contributed by atoms with Crippen molar-refractivity contribution in [1.82, 2.24) is 4.98 Å². The second-order valence-electron chi connectivity index (χ2n) is 3.29. The molecule has 1 aromatic heterocycles. The Morgan fingerprint density at radius 1 is 1.17 bits per heavy atom. The molecule has 0 saturated heterocycles. The zero-order chi connectivity index (χ0) is 13.1. The number of halogens is 2. The molecule has 2 aromatic rings. The Balaban J connectivity index is 2.34. The summed E-state index contributed by atoms with van der Waals surface area (Å²) >= 11 is 7.78. The predicted octanol–water partition coefficient (Wildman–Crippen LogP) is 4.67. The molecule has 0 spiro atoms. The van der Waals surface area contributed by atoms with E-state index in [-0.39, 0.29) is 5.69 Å². The highest BCUT2D eigenvalue weighted by Crippen LogP contribution is 2.35. The zero-order valence-corrected chi connectivity index (χ0v) is 12.8. The second-order valence-corrected chi connectivity index (χ2v) is 6.18. The van der Waals surface area contributed by atoms with Crippen LogP contribution >= 0.6 is 43.6 Å². The van der Waals surface area contributed by atoms with Gasteiger partial charge in [-0.2, -0.15) is 0 Å². The highest BCUT2D eigenvalue weighted by atomic mass is 79.9. The van der Waals surface area contributed by atoms with Crippen LogP contribution in [-0.2, 0) is 0 Å². The highest BCUT2D eigenvalue weighted by molar-refractivity contribution is 9.10. The number of aromatic nitrogens is 1. The lowest BCUT2D eigenvalue weighted by Gasteiger charge is -2.03. The summed E-state index contributed by atoms with van der Waals surface area (Å²) in [6.45, 7) is 0. The third kappa shape index (κ3) is 3.30. The van der Waals surface area contributed by atoms with E-state index in [9.17, 15) is 10.1 Å². The van der Waals surface area contributed by atoms with E-state index in [1.807, 2.05) is 6.07 Å². The lowest BCUT2D eigenvalue weighted by molar-refractivity contribution is -0.387. The normalized spacial score (nSPS) is 10.3. The molecule has 0 unspecified atom stereocenters. The predicted molar refractivity (Wildman–Crippen MR) is 76.9 cm³/mol. The Kier molecular flexibility index (Phi) is 4.36. The van der Waals surface area contributed by atoms with E-state index < -0.39 is 4.92 Å².